The molecule has 0 aromatic heterocycles. The van der Waals surface area contributed by atoms with E-state index in [9.17, 15) is 5.11 Å². The molecule has 0 aliphatic rings. The van der Waals surface area contributed by atoms with Gasteiger partial charge in [-0.15, -0.1) is 0 Å². The molecule has 1 atom stereocenters. The largest absolute Gasteiger partial charge is 0.387 e. The molecule has 0 fully saturated rings. The summed E-state index contributed by atoms with van der Waals surface area (Å²) in [5.74, 6) is 0. The van der Waals surface area contributed by atoms with Gasteiger partial charge in [-0.2, -0.15) is 0 Å². The molecule has 1 aromatic rings. The number of aryl methyl sites for hydroxylation is 2. The number of aliphatic hydroxyl groups is 1. The minimum atomic E-state index is -0.523. The van der Waals surface area contributed by atoms with E-state index in [1.807, 2.05) is 32.0 Å². The van der Waals surface area contributed by atoms with E-state index in [0.29, 0.717) is 0 Å². The van der Waals surface area contributed by atoms with Crippen LogP contribution in [0.5, 0.6) is 0 Å². The lowest BCUT2D eigenvalue weighted by Crippen LogP contribution is -2.12. The highest BCUT2D eigenvalue weighted by molar-refractivity contribution is 5.31. The molecule has 1 aromatic carbocycles. The fraction of sp³-hybridized carbons (Fsp3) is 0.400. The third-order valence-electron chi connectivity index (χ3n) is 2.01. The van der Waals surface area contributed by atoms with Crippen LogP contribution in [-0.2, 0) is 0 Å². The summed E-state index contributed by atoms with van der Waals surface area (Å²) in [5.41, 5.74) is 8.61. The molecular formula is C10H15NO. The lowest BCUT2D eigenvalue weighted by Gasteiger charge is -2.11. The summed E-state index contributed by atoms with van der Waals surface area (Å²) in [6, 6.07) is 5.97. The van der Waals surface area contributed by atoms with Gasteiger partial charge < -0.3 is 10.8 Å². The molecule has 0 aliphatic heterocycles. The zero-order valence-electron chi connectivity index (χ0n) is 7.54. The highest BCUT2D eigenvalue weighted by Crippen LogP contribution is 2.17. The molecule has 0 heterocycles. The molecule has 0 spiro atoms. The van der Waals surface area contributed by atoms with Crippen LogP contribution in [0.1, 0.15) is 22.8 Å². The van der Waals surface area contributed by atoms with Crippen molar-refractivity contribution in [2.24, 2.45) is 5.73 Å². The normalized spacial score (nSPS) is 13.0. The van der Waals surface area contributed by atoms with Crippen LogP contribution >= 0.6 is 0 Å². The fourth-order valence-corrected chi connectivity index (χ4v) is 1.33. The molecule has 0 aliphatic carbocycles. The van der Waals surface area contributed by atoms with E-state index in [4.69, 9.17) is 5.73 Å². The van der Waals surface area contributed by atoms with Crippen molar-refractivity contribution in [3.8, 4) is 0 Å². The molecule has 0 saturated carbocycles. The lowest BCUT2D eigenvalue weighted by molar-refractivity contribution is 0.186. The number of aliphatic hydroxyl groups excluding tert-OH is 1. The van der Waals surface area contributed by atoms with Gasteiger partial charge in [0, 0.05) is 6.54 Å². The molecular weight excluding hydrogens is 150 g/mol. The molecule has 2 heteroatoms. The molecule has 3 N–H and O–H groups in total. The van der Waals surface area contributed by atoms with E-state index in [2.05, 4.69) is 0 Å². The summed E-state index contributed by atoms with van der Waals surface area (Å²) >= 11 is 0. The van der Waals surface area contributed by atoms with E-state index in [1.54, 1.807) is 0 Å². The molecule has 0 amide bonds. The maximum absolute atomic E-state index is 9.48. The van der Waals surface area contributed by atoms with Crippen molar-refractivity contribution in [1.29, 1.82) is 0 Å². The van der Waals surface area contributed by atoms with Gasteiger partial charge in [0.15, 0.2) is 0 Å². The average Bonchev–Trinajstić information content (AvgIpc) is 2.03. The van der Waals surface area contributed by atoms with E-state index in [0.717, 1.165) is 11.1 Å². The van der Waals surface area contributed by atoms with Crippen molar-refractivity contribution < 1.29 is 5.11 Å². The van der Waals surface area contributed by atoms with Gasteiger partial charge in [-0.1, -0.05) is 23.8 Å². The van der Waals surface area contributed by atoms with Gasteiger partial charge in [0.05, 0.1) is 6.10 Å². The zero-order chi connectivity index (χ0) is 9.14. The van der Waals surface area contributed by atoms with Crippen molar-refractivity contribution in [3.63, 3.8) is 0 Å². The van der Waals surface area contributed by atoms with Crippen LogP contribution in [-0.4, -0.2) is 11.7 Å². The van der Waals surface area contributed by atoms with Gasteiger partial charge in [0.1, 0.15) is 0 Å². The SMILES string of the molecule is Cc1ccc(C(O)CN)c(C)c1. The summed E-state index contributed by atoms with van der Waals surface area (Å²) in [6.45, 7) is 4.30. The molecule has 0 bridgehead atoms. The van der Waals surface area contributed by atoms with Gasteiger partial charge in [-0.3, -0.25) is 0 Å². The number of hydrogen-bond donors (Lipinski definition) is 2. The summed E-state index contributed by atoms with van der Waals surface area (Å²) in [7, 11) is 0. The molecule has 12 heavy (non-hydrogen) atoms. The molecule has 66 valence electrons. The second kappa shape index (κ2) is 3.70. The highest BCUT2D eigenvalue weighted by Gasteiger charge is 2.07. The Labute approximate surface area is 73.0 Å². The van der Waals surface area contributed by atoms with Crippen molar-refractivity contribution in [1.82, 2.24) is 0 Å². The quantitative estimate of drug-likeness (QED) is 0.693. The first-order chi connectivity index (χ1) is 5.65. The predicted molar refractivity (Wildman–Crippen MR) is 49.9 cm³/mol. The molecule has 0 radical (unpaired) electrons. The first-order valence-electron chi connectivity index (χ1n) is 4.10. The summed E-state index contributed by atoms with van der Waals surface area (Å²) in [4.78, 5) is 0. The number of hydrogen-bond acceptors (Lipinski definition) is 2. The van der Waals surface area contributed by atoms with Gasteiger partial charge in [-0.25, -0.2) is 0 Å². The van der Waals surface area contributed by atoms with Crippen molar-refractivity contribution in [3.05, 3.63) is 34.9 Å². The fourth-order valence-electron chi connectivity index (χ4n) is 1.33. The van der Waals surface area contributed by atoms with E-state index >= 15 is 0 Å². The Morgan fingerprint density at radius 3 is 2.58 bits per heavy atom. The van der Waals surface area contributed by atoms with E-state index in [1.165, 1.54) is 5.56 Å². The first kappa shape index (κ1) is 9.23. The zero-order valence-corrected chi connectivity index (χ0v) is 7.54. The monoisotopic (exact) mass is 165 g/mol. The maximum atomic E-state index is 9.48. The Bertz CT molecular complexity index is 271. The van der Waals surface area contributed by atoms with Crippen LogP contribution in [0.3, 0.4) is 0 Å². The van der Waals surface area contributed by atoms with Gasteiger partial charge >= 0.3 is 0 Å². The lowest BCUT2D eigenvalue weighted by atomic mass is 10.0. The standard InChI is InChI=1S/C10H15NO/c1-7-3-4-9(8(2)5-7)10(12)6-11/h3-5,10,12H,6,11H2,1-2H3. The van der Waals surface area contributed by atoms with Crippen LogP contribution in [0.2, 0.25) is 0 Å². The van der Waals surface area contributed by atoms with Crippen LogP contribution in [0.15, 0.2) is 18.2 Å². The minimum Gasteiger partial charge on any atom is -0.387 e. The highest BCUT2D eigenvalue weighted by atomic mass is 16.3. The molecule has 1 rings (SSSR count). The maximum Gasteiger partial charge on any atom is 0.0914 e. The van der Waals surface area contributed by atoms with E-state index in [-0.39, 0.29) is 6.54 Å². The molecule has 0 saturated heterocycles. The molecule has 1 unspecified atom stereocenters. The topological polar surface area (TPSA) is 46.2 Å². The third-order valence-corrected chi connectivity index (χ3v) is 2.01. The number of nitrogens with two attached hydrogens (primary N) is 1. The van der Waals surface area contributed by atoms with Gasteiger partial charge in [0.25, 0.3) is 0 Å². The summed E-state index contributed by atoms with van der Waals surface area (Å²) in [5, 5.41) is 9.48. The van der Waals surface area contributed by atoms with Crippen LogP contribution < -0.4 is 5.73 Å². The first-order valence-corrected chi connectivity index (χ1v) is 4.10. The van der Waals surface area contributed by atoms with Crippen LogP contribution in [0, 0.1) is 13.8 Å². The number of rotatable bonds is 2. The predicted octanol–water partition coefficient (Wildman–Crippen LogP) is 1.30. The minimum absolute atomic E-state index is 0.282. The van der Waals surface area contributed by atoms with Crippen molar-refractivity contribution in [2.45, 2.75) is 20.0 Å². The summed E-state index contributed by atoms with van der Waals surface area (Å²) in [6.07, 6.45) is -0.523. The Hall–Kier alpha value is -0.860. The summed E-state index contributed by atoms with van der Waals surface area (Å²) < 4.78 is 0. The third kappa shape index (κ3) is 1.84. The van der Waals surface area contributed by atoms with Crippen LogP contribution in [0.25, 0.3) is 0 Å². The van der Waals surface area contributed by atoms with Gasteiger partial charge in [-0.05, 0) is 25.0 Å². The Balaban J connectivity index is 3.01. The van der Waals surface area contributed by atoms with Crippen molar-refractivity contribution >= 4 is 0 Å². The smallest absolute Gasteiger partial charge is 0.0914 e. The Morgan fingerprint density at radius 1 is 1.42 bits per heavy atom. The Kier molecular flexibility index (Phi) is 2.84. The van der Waals surface area contributed by atoms with E-state index < -0.39 is 6.10 Å². The number of benzene rings is 1. The second-order valence-electron chi connectivity index (χ2n) is 3.11. The van der Waals surface area contributed by atoms with Gasteiger partial charge in [0.2, 0.25) is 0 Å². The van der Waals surface area contributed by atoms with Crippen LogP contribution in [0.4, 0.5) is 0 Å². The average molecular weight is 165 g/mol. The second-order valence-corrected chi connectivity index (χ2v) is 3.11. The molecule has 2 nitrogen and oxygen atoms in total. The Morgan fingerprint density at radius 2 is 2.08 bits per heavy atom. The van der Waals surface area contributed by atoms with Crippen molar-refractivity contribution in [2.75, 3.05) is 6.54 Å².